The lowest BCUT2D eigenvalue weighted by molar-refractivity contribution is -0.119. The van der Waals surface area contributed by atoms with Crippen LogP contribution < -0.4 is 4.90 Å². The van der Waals surface area contributed by atoms with Crippen LogP contribution in [-0.2, 0) is 17.8 Å². The van der Waals surface area contributed by atoms with Crippen LogP contribution in [0.15, 0.2) is 34.7 Å². The van der Waals surface area contributed by atoms with E-state index in [2.05, 4.69) is 0 Å². The van der Waals surface area contributed by atoms with Crippen molar-refractivity contribution in [3.63, 3.8) is 0 Å². The molecule has 0 bridgehead atoms. The van der Waals surface area contributed by atoms with Gasteiger partial charge in [0.2, 0.25) is 5.91 Å². The monoisotopic (exact) mass is 273 g/mol. The van der Waals surface area contributed by atoms with Crippen LogP contribution in [0.4, 0.5) is 10.1 Å². The van der Waals surface area contributed by atoms with Crippen molar-refractivity contribution in [3.8, 4) is 0 Å². The highest BCUT2D eigenvalue weighted by Crippen LogP contribution is 2.30. The van der Waals surface area contributed by atoms with Crippen molar-refractivity contribution in [1.82, 2.24) is 0 Å². The molecule has 0 saturated carbocycles. The van der Waals surface area contributed by atoms with Crippen molar-refractivity contribution in [2.45, 2.75) is 19.4 Å². The van der Waals surface area contributed by atoms with E-state index in [0.29, 0.717) is 30.6 Å². The van der Waals surface area contributed by atoms with Gasteiger partial charge in [0.1, 0.15) is 11.6 Å². The molecule has 0 spiro atoms. The predicted octanol–water partition coefficient (Wildman–Crippen LogP) is 2.71. The average Bonchev–Trinajstić information content (AvgIpc) is 2.90. The molecule has 0 atom stereocenters. The Kier molecular flexibility index (Phi) is 3.10. The minimum atomic E-state index is -0.306. The van der Waals surface area contributed by atoms with E-state index in [0.717, 1.165) is 5.56 Å². The number of amides is 1. The van der Waals surface area contributed by atoms with Crippen molar-refractivity contribution in [3.05, 3.63) is 53.2 Å². The molecular weight excluding hydrogens is 261 g/mol. The van der Waals surface area contributed by atoms with Gasteiger partial charge in [-0.2, -0.15) is 0 Å². The Morgan fingerprint density at radius 2 is 2.10 bits per heavy atom. The van der Waals surface area contributed by atoms with E-state index in [1.807, 2.05) is 0 Å². The highest BCUT2D eigenvalue weighted by Gasteiger charge is 2.25. The van der Waals surface area contributed by atoms with E-state index < -0.39 is 0 Å². The predicted molar refractivity (Wildman–Crippen MR) is 70.0 cm³/mol. The smallest absolute Gasteiger partial charge is 0.227 e. The maximum Gasteiger partial charge on any atom is 0.227 e. The Balaban J connectivity index is 1.92. The number of hydrogen-bond acceptors (Lipinski definition) is 3. The molecule has 102 valence electrons. The van der Waals surface area contributed by atoms with Crippen LogP contribution in [-0.4, -0.2) is 12.2 Å². The summed E-state index contributed by atoms with van der Waals surface area (Å²) in [4.78, 5) is 24.2. The van der Waals surface area contributed by atoms with Crippen LogP contribution in [0.2, 0.25) is 0 Å². The van der Waals surface area contributed by atoms with Gasteiger partial charge in [-0.25, -0.2) is 4.39 Å². The Morgan fingerprint density at radius 1 is 1.25 bits per heavy atom. The molecule has 2 heterocycles. The molecule has 1 amide bonds. The first-order valence-electron chi connectivity index (χ1n) is 6.30. The van der Waals surface area contributed by atoms with E-state index in [-0.39, 0.29) is 24.0 Å². The number of hydrogen-bond donors (Lipinski definition) is 0. The van der Waals surface area contributed by atoms with Crippen LogP contribution in [0, 0.1) is 5.82 Å². The summed E-state index contributed by atoms with van der Waals surface area (Å²) in [5, 5.41) is 0. The zero-order chi connectivity index (χ0) is 14.1. The standard InChI is InChI=1S/C15H12FNO3/c16-11-2-5-14-10(7-11)1-6-15(19)17(14)8-12-3-4-13(9-18)20-12/h2-5,7,9H,1,6,8H2. The molecule has 5 heteroatoms. The molecule has 2 aromatic rings. The van der Waals surface area contributed by atoms with Crippen molar-refractivity contribution in [2.24, 2.45) is 0 Å². The van der Waals surface area contributed by atoms with E-state index >= 15 is 0 Å². The molecule has 0 fully saturated rings. The van der Waals surface area contributed by atoms with Gasteiger partial charge >= 0.3 is 0 Å². The van der Waals surface area contributed by atoms with E-state index in [9.17, 15) is 14.0 Å². The molecule has 20 heavy (non-hydrogen) atoms. The van der Waals surface area contributed by atoms with Crippen molar-refractivity contribution >= 4 is 17.9 Å². The highest BCUT2D eigenvalue weighted by molar-refractivity contribution is 5.96. The molecule has 3 rings (SSSR count). The van der Waals surface area contributed by atoms with E-state index in [4.69, 9.17) is 4.42 Å². The fraction of sp³-hybridized carbons (Fsp3) is 0.200. The van der Waals surface area contributed by atoms with Crippen LogP contribution in [0.1, 0.15) is 28.3 Å². The van der Waals surface area contributed by atoms with Gasteiger partial charge in [-0.05, 0) is 42.3 Å². The van der Waals surface area contributed by atoms with E-state index in [1.165, 1.54) is 12.1 Å². The normalized spacial score (nSPS) is 14.2. The Labute approximate surface area is 114 Å². The summed E-state index contributed by atoms with van der Waals surface area (Å²) in [6.45, 7) is 0.241. The largest absolute Gasteiger partial charge is 0.456 e. The van der Waals surface area contributed by atoms with Gasteiger partial charge in [0.25, 0.3) is 0 Å². The zero-order valence-corrected chi connectivity index (χ0v) is 10.6. The summed E-state index contributed by atoms with van der Waals surface area (Å²) in [5.74, 6) is 0.411. The number of furan rings is 1. The highest BCUT2D eigenvalue weighted by atomic mass is 19.1. The number of fused-ring (bicyclic) bond motifs is 1. The number of carbonyl (C=O) groups is 2. The molecule has 0 aliphatic carbocycles. The van der Waals surface area contributed by atoms with Crippen LogP contribution in [0.5, 0.6) is 0 Å². The summed E-state index contributed by atoms with van der Waals surface area (Å²) in [6, 6.07) is 7.61. The van der Waals surface area contributed by atoms with Crippen LogP contribution >= 0.6 is 0 Å². The second-order valence-electron chi connectivity index (χ2n) is 4.67. The fourth-order valence-electron chi connectivity index (χ4n) is 2.40. The molecular formula is C15H12FNO3. The lowest BCUT2D eigenvalue weighted by Crippen LogP contribution is -2.34. The molecule has 1 aromatic carbocycles. The van der Waals surface area contributed by atoms with Gasteiger partial charge in [-0.3, -0.25) is 9.59 Å². The number of halogens is 1. The van der Waals surface area contributed by atoms with Gasteiger partial charge < -0.3 is 9.32 Å². The van der Waals surface area contributed by atoms with Gasteiger partial charge in [0.05, 0.1) is 6.54 Å². The molecule has 1 aliphatic rings. The van der Waals surface area contributed by atoms with Gasteiger partial charge in [0, 0.05) is 12.1 Å². The molecule has 0 radical (unpaired) electrons. The minimum Gasteiger partial charge on any atom is -0.456 e. The number of nitrogens with zero attached hydrogens (tertiary/aromatic N) is 1. The fourth-order valence-corrected chi connectivity index (χ4v) is 2.40. The minimum absolute atomic E-state index is 0.0341. The summed E-state index contributed by atoms with van der Waals surface area (Å²) in [5.41, 5.74) is 1.51. The Morgan fingerprint density at radius 3 is 2.85 bits per heavy atom. The number of benzene rings is 1. The summed E-state index contributed by atoms with van der Waals surface area (Å²) in [6.07, 6.45) is 1.50. The molecule has 0 saturated heterocycles. The lowest BCUT2D eigenvalue weighted by atomic mass is 10.0. The first-order chi connectivity index (χ1) is 9.67. The average molecular weight is 273 g/mol. The topological polar surface area (TPSA) is 50.5 Å². The van der Waals surface area contributed by atoms with Gasteiger partial charge in [-0.1, -0.05) is 0 Å². The summed E-state index contributed by atoms with van der Waals surface area (Å²) < 4.78 is 18.5. The van der Waals surface area contributed by atoms with Crippen LogP contribution in [0.3, 0.4) is 0 Å². The molecule has 1 aliphatic heterocycles. The lowest BCUT2D eigenvalue weighted by Gasteiger charge is -2.28. The maximum absolute atomic E-state index is 13.2. The first kappa shape index (κ1) is 12.6. The van der Waals surface area contributed by atoms with Gasteiger partial charge in [0.15, 0.2) is 12.0 Å². The van der Waals surface area contributed by atoms with Crippen molar-refractivity contribution in [2.75, 3.05) is 4.90 Å². The van der Waals surface area contributed by atoms with Crippen molar-refractivity contribution in [1.29, 1.82) is 0 Å². The Hall–Kier alpha value is -2.43. The van der Waals surface area contributed by atoms with Gasteiger partial charge in [-0.15, -0.1) is 0 Å². The molecule has 0 unspecified atom stereocenters. The number of carbonyl (C=O) groups excluding carboxylic acids is 2. The first-order valence-corrected chi connectivity index (χ1v) is 6.30. The number of anilines is 1. The quantitative estimate of drug-likeness (QED) is 0.808. The molecule has 1 aromatic heterocycles. The second kappa shape index (κ2) is 4.92. The third kappa shape index (κ3) is 2.22. The molecule has 4 nitrogen and oxygen atoms in total. The third-order valence-corrected chi connectivity index (χ3v) is 3.35. The Bertz CT molecular complexity index is 678. The number of aryl methyl sites for hydroxylation is 1. The zero-order valence-electron chi connectivity index (χ0n) is 10.6. The van der Waals surface area contributed by atoms with E-state index in [1.54, 1.807) is 23.1 Å². The molecule has 0 N–H and O–H groups in total. The third-order valence-electron chi connectivity index (χ3n) is 3.35. The van der Waals surface area contributed by atoms with Crippen LogP contribution in [0.25, 0.3) is 0 Å². The summed E-state index contributed by atoms with van der Waals surface area (Å²) in [7, 11) is 0. The second-order valence-corrected chi connectivity index (χ2v) is 4.67. The number of rotatable bonds is 3. The SMILES string of the molecule is O=Cc1ccc(CN2C(=O)CCc3cc(F)ccc32)o1. The maximum atomic E-state index is 13.2. The summed E-state index contributed by atoms with van der Waals surface area (Å²) >= 11 is 0. The van der Waals surface area contributed by atoms with Crippen molar-refractivity contribution < 1.29 is 18.4 Å². The number of aldehydes is 1.